The predicted molar refractivity (Wildman–Crippen MR) is 125 cm³/mol. The number of carbonyl (C=O) groups is 2. The Balaban J connectivity index is 1.58. The standard InChI is InChI=1S/C24H32N4O4/c1-4-27(5-2)13-14-32-21-10-9-18(15-22(21)31-3)17-26-23(29)19-7-6-8-20(16-19)28-12-11-25-24(28)30/h6-10,15-16H,4-5,11-14,17H2,1-3H3,(H,25,30)(H,26,29). The lowest BCUT2D eigenvalue weighted by Gasteiger charge is -2.19. The van der Waals surface area contributed by atoms with E-state index >= 15 is 0 Å². The molecule has 1 aliphatic rings. The van der Waals surface area contributed by atoms with Gasteiger partial charge in [0.25, 0.3) is 5.91 Å². The van der Waals surface area contributed by atoms with Crippen LogP contribution in [0.4, 0.5) is 10.5 Å². The van der Waals surface area contributed by atoms with Gasteiger partial charge in [-0.25, -0.2) is 4.79 Å². The molecule has 172 valence electrons. The summed E-state index contributed by atoms with van der Waals surface area (Å²) in [5.41, 5.74) is 2.12. The number of likely N-dealkylation sites (N-methyl/N-ethyl adjacent to an activating group) is 1. The first-order chi connectivity index (χ1) is 15.5. The SMILES string of the molecule is CCN(CC)CCOc1ccc(CNC(=O)c2cccc(N3CCNC3=O)c2)cc1OC. The summed E-state index contributed by atoms with van der Waals surface area (Å²) in [6.45, 7) is 9.22. The molecule has 8 nitrogen and oxygen atoms in total. The van der Waals surface area contributed by atoms with E-state index in [1.165, 1.54) is 0 Å². The van der Waals surface area contributed by atoms with Crippen molar-refractivity contribution < 1.29 is 19.1 Å². The maximum Gasteiger partial charge on any atom is 0.321 e. The molecule has 0 bridgehead atoms. The molecule has 0 radical (unpaired) electrons. The molecule has 0 unspecified atom stereocenters. The van der Waals surface area contributed by atoms with Gasteiger partial charge in [0, 0.05) is 37.4 Å². The highest BCUT2D eigenvalue weighted by Gasteiger charge is 2.21. The maximum atomic E-state index is 12.7. The van der Waals surface area contributed by atoms with Gasteiger partial charge in [0.2, 0.25) is 0 Å². The Kier molecular flexibility index (Phi) is 8.33. The Bertz CT molecular complexity index is 930. The molecule has 0 aliphatic carbocycles. The molecule has 2 aromatic carbocycles. The largest absolute Gasteiger partial charge is 0.493 e. The molecule has 1 saturated heterocycles. The van der Waals surface area contributed by atoms with Gasteiger partial charge in [-0.05, 0) is 49.0 Å². The third kappa shape index (κ3) is 5.91. The quantitative estimate of drug-likeness (QED) is 0.561. The minimum absolute atomic E-state index is 0.144. The summed E-state index contributed by atoms with van der Waals surface area (Å²) in [6, 6.07) is 12.6. The van der Waals surface area contributed by atoms with Crippen LogP contribution in [0.25, 0.3) is 0 Å². The fraction of sp³-hybridized carbons (Fsp3) is 0.417. The minimum atomic E-state index is -0.204. The van der Waals surface area contributed by atoms with Crippen LogP contribution in [-0.2, 0) is 6.54 Å². The summed E-state index contributed by atoms with van der Waals surface area (Å²) in [7, 11) is 1.61. The zero-order valence-corrected chi connectivity index (χ0v) is 19.0. The number of amides is 3. The normalized spacial score (nSPS) is 13.2. The van der Waals surface area contributed by atoms with Crippen LogP contribution in [0, 0.1) is 0 Å². The van der Waals surface area contributed by atoms with E-state index in [-0.39, 0.29) is 11.9 Å². The fourth-order valence-corrected chi connectivity index (χ4v) is 3.58. The van der Waals surface area contributed by atoms with Gasteiger partial charge in [-0.1, -0.05) is 26.0 Å². The zero-order chi connectivity index (χ0) is 22.9. The minimum Gasteiger partial charge on any atom is -0.493 e. The van der Waals surface area contributed by atoms with E-state index in [1.807, 2.05) is 24.3 Å². The van der Waals surface area contributed by atoms with E-state index in [2.05, 4.69) is 29.4 Å². The van der Waals surface area contributed by atoms with Crippen molar-refractivity contribution in [1.29, 1.82) is 0 Å². The van der Waals surface area contributed by atoms with Crippen molar-refractivity contribution in [3.63, 3.8) is 0 Å². The van der Waals surface area contributed by atoms with Gasteiger partial charge in [0.15, 0.2) is 11.5 Å². The van der Waals surface area contributed by atoms with Crippen LogP contribution in [0.3, 0.4) is 0 Å². The number of urea groups is 1. The summed E-state index contributed by atoms with van der Waals surface area (Å²) >= 11 is 0. The van der Waals surface area contributed by atoms with E-state index in [4.69, 9.17) is 9.47 Å². The Morgan fingerprint density at radius 3 is 2.66 bits per heavy atom. The lowest BCUT2D eigenvalue weighted by Crippen LogP contribution is -2.28. The molecule has 1 aliphatic heterocycles. The van der Waals surface area contributed by atoms with Crippen molar-refractivity contribution in [3.05, 3.63) is 53.6 Å². The smallest absolute Gasteiger partial charge is 0.321 e. The molecule has 8 heteroatoms. The Morgan fingerprint density at radius 1 is 1.16 bits per heavy atom. The number of rotatable bonds is 11. The molecular weight excluding hydrogens is 408 g/mol. The van der Waals surface area contributed by atoms with Gasteiger partial charge in [-0.2, -0.15) is 0 Å². The van der Waals surface area contributed by atoms with E-state index in [9.17, 15) is 9.59 Å². The van der Waals surface area contributed by atoms with Gasteiger partial charge < -0.3 is 25.0 Å². The summed E-state index contributed by atoms with van der Waals surface area (Å²) in [5.74, 6) is 1.12. The Morgan fingerprint density at radius 2 is 1.97 bits per heavy atom. The number of methoxy groups -OCH3 is 1. The van der Waals surface area contributed by atoms with E-state index in [0.29, 0.717) is 49.0 Å². The maximum absolute atomic E-state index is 12.7. The highest BCUT2D eigenvalue weighted by Crippen LogP contribution is 2.28. The fourth-order valence-electron chi connectivity index (χ4n) is 3.58. The molecule has 2 N–H and O–H groups in total. The van der Waals surface area contributed by atoms with Crippen LogP contribution < -0.4 is 25.0 Å². The molecule has 0 aromatic heterocycles. The average molecular weight is 441 g/mol. The second kappa shape index (κ2) is 11.4. The first kappa shape index (κ1) is 23.4. The molecule has 2 aromatic rings. The lowest BCUT2D eigenvalue weighted by atomic mass is 10.1. The van der Waals surface area contributed by atoms with Gasteiger partial charge >= 0.3 is 6.03 Å². The summed E-state index contributed by atoms with van der Waals surface area (Å²) < 4.78 is 11.4. The van der Waals surface area contributed by atoms with Crippen molar-refractivity contribution in [2.75, 3.05) is 51.3 Å². The Labute approximate surface area is 189 Å². The van der Waals surface area contributed by atoms with Crippen molar-refractivity contribution in [3.8, 4) is 11.5 Å². The van der Waals surface area contributed by atoms with Gasteiger partial charge in [0.05, 0.1) is 7.11 Å². The van der Waals surface area contributed by atoms with Crippen LogP contribution in [0.1, 0.15) is 29.8 Å². The highest BCUT2D eigenvalue weighted by atomic mass is 16.5. The molecule has 32 heavy (non-hydrogen) atoms. The molecule has 0 atom stereocenters. The number of carbonyl (C=O) groups excluding carboxylic acids is 2. The number of nitrogens with zero attached hydrogens (tertiary/aromatic N) is 2. The van der Waals surface area contributed by atoms with E-state index in [1.54, 1.807) is 30.2 Å². The van der Waals surface area contributed by atoms with Crippen molar-refractivity contribution >= 4 is 17.6 Å². The first-order valence-corrected chi connectivity index (χ1v) is 11.0. The molecule has 1 heterocycles. The number of hydrogen-bond acceptors (Lipinski definition) is 5. The second-order valence-corrected chi connectivity index (χ2v) is 7.48. The number of nitrogens with one attached hydrogen (secondary N) is 2. The van der Waals surface area contributed by atoms with Crippen LogP contribution in [0.15, 0.2) is 42.5 Å². The number of benzene rings is 2. The summed E-state index contributed by atoms with van der Waals surface area (Å²) in [6.07, 6.45) is 0. The number of hydrogen-bond donors (Lipinski definition) is 2. The molecule has 3 rings (SSSR count). The topological polar surface area (TPSA) is 83.1 Å². The highest BCUT2D eigenvalue weighted by molar-refractivity contribution is 5.98. The number of ether oxygens (including phenoxy) is 2. The molecule has 1 fully saturated rings. The van der Waals surface area contributed by atoms with Crippen LogP contribution in [0.5, 0.6) is 11.5 Å². The third-order valence-corrected chi connectivity index (χ3v) is 5.52. The monoisotopic (exact) mass is 440 g/mol. The van der Waals surface area contributed by atoms with Gasteiger partial charge in [-0.3, -0.25) is 9.69 Å². The second-order valence-electron chi connectivity index (χ2n) is 7.48. The van der Waals surface area contributed by atoms with E-state index < -0.39 is 0 Å². The first-order valence-electron chi connectivity index (χ1n) is 11.0. The zero-order valence-electron chi connectivity index (χ0n) is 19.0. The lowest BCUT2D eigenvalue weighted by molar-refractivity contribution is 0.0951. The summed E-state index contributed by atoms with van der Waals surface area (Å²) in [5, 5.41) is 5.69. The molecular formula is C24H32N4O4. The van der Waals surface area contributed by atoms with Crippen LogP contribution >= 0.6 is 0 Å². The van der Waals surface area contributed by atoms with Crippen LogP contribution in [-0.4, -0.2) is 63.3 Å². The van der Waals surface area contributed by atoms with Gasteiger partial charge in [-0.15, -0.1) is 0 Å². The number of anilines is 1. The third-order valence-electron chi connectivity index (χ3n) is 5.52. The van der Waals surface area contributed by atoms with Crippen molar-refractivity contribution in [1.82, 2.24) is 15.5 Å². The van der Waals surface area contributed by atoms with Gasteiger partial charge in [0.1, 0.15) is 6.61 Å². The molecule has 0 spiro atoms. The van der Waals surface area contributed by atoms with Crippen molar-refractivity contribution in [2.24, 2.45) is 0 Å². The molecule has 0 saturated carbocycles. The van der Waals surface area contributed by atoms with Crippen molar-refractivity contribution in [2.45, 2.75) is 20.4 Å². The summed E-state index contributed by atoms with van der Waals surface area (Å²) in [4.78, 5) is 28.5. The average Bonchev–Trinajstić information content (AvgIpc) is 3.26. The van der Waals surface area contributed by atoms with Crippen LogP contribution in [0.2, 0.25) is 0 Å². The molecule has 3 amide bonds. The van der Waals surface area contributed by atoms with E-state index in [0.717, 1.165) is 25.2 Å². The Hall–Kier alpha value is -3.26. The predicted octanol–water partition coefficient (Wildman–Crippen LogP) is 2.88.